The van der Waals surface area contributed by atoms with E-state index in [2.05, 4.69) is 0 Å². The minimum absolute atomic E-state index is 0.0897. The maximum atomic E-state index is 12.2. The van der Waals surface area contributed by atoms with Gasteiger partial charge in [0.1, 0.15) is 5.75 Å². The number of benzene rings is 1. The first-order valence-electron chi connectivity index (χ1n) is 6.63. The van der Waals surface area contributed by atoms with Gasteiger partial charge in [0, 0.05) is 15.3 Å². The Labute approximate surface area is 129 Å². The topological polar surface area (TPSA) is 51.2 Å². The molecule has 0 aliphatic heterocycles. The van der Waals surface area contributed by atoms with E-state index in [0.29, 0.717) is 5.56 Å². The van der Waals surface area contributed by atoms with Gasteiger partial charge >= 0.3 is 0 Å². The van der Waals surface area contributed by atoms with Crippen LogP contribution in [0, 0.1) is 20.8 Å². The lowest BCUT2D eigenvalue weighted by Crippen LogP contribution is -2.18. The van der Waals surface area contributed by atoms with Crippen LogP contribution in [-0.4, -0.2) is 20.0 Å². The van der Waals surface area contributed by atoms with Crippen LogP contribution in [0.4, 0.5) is 0 Å². The molecule has 0 atom stereocenters. The third-order valence-corrected chi connectivity index (χ3v) is 5.75. The van der Waals surface area contributed by atoms with Crippen molar-refractivity contribution in [2.45, 2.75) is 26.5 Å². The molecule has 1 heterocycles. The van der Waals surface area contributed by atoms with E-state index in [0.717, 1.165) is 20.9 Å². The molecule has 2 rings (SSSR count). The van der Waals surface area contributed by atoms with E-state index in [1.165, 1.54) is 11.3 Å². The van der Waals surface area contributed by atoms with Crippen molar-refractivity contribution in [1.82, 2.24) is 0 Å². The van der Waals surface area contributed by atoms with Crippen molar-refractivity contribution in [2.75, 3.05) is 5.75 Å². The molecule has 0 N–H and O–H groups in total. The molecule has 1 aromatic carbocycles. The zero-order chi connectivity index (χ0) is 15.6. The number of ketones is 1. The Hall–Kier alpha value is -1.46. The molecule has 0 saturated carbocycles. The number of hydrogen-bond donors (Lipinski definition) is 0. The molecular formula is C16H18O3S2. The van der Waals surface area contributed by atoms with Crippen LogP contribution in [0.3, 0.4) is 0 Å². The summed E-state index contributed by atoms with van der Waals surface area (Å²) in [4.78, 5) is 14.1. The number of carbonyl (C=O) groups excluding carboxylic acids is 1. The third kappa shape index (κ3) is 4.02. The van der Waals surface area contributed by atoms with E-state index in [9.17, 15) is 13.2 Å². The quantitative estimate of drug-likeness (QED) is 0.792. The summed E-state index contributed by atoms with van der Waals surface area (Å²) in [5.74, 6) is -0.836. The molecule has 0 amide bonds. The van der Waals surface area contributed by atoms with Crippen molar-refractivity contribution in [2.24, 2.45) is 0 Å². The van der Waals surface area contributed by atoms with Crippen molar-refractivity contribution in [3.63, 3.8) is 0 Å². The first kappa shape index (κ1) is 15.9. The summed E-state index contributed by atoms with van der Waals surface area (Å²) in [7, 11) is -3.46. The number of Topliss-reactive ketones (excluding diaryl/α,β-unsaturated/α-hetero) is 1. The van der Waals surface area contributed by atoms with Crippen LogP contribution >= 0.6 is 11.3 Å². The maximum absolute atomic E-state index is 12.2. The second kappa shape index (κ2) is 6.12. The van der Waals surface area contributed by atoms with E-state index in [4.69, 9.17) is 0 Å². The first-order chi connectivity index (χ1) is 9.78. The number of sulfone groups is 1. The van der Waals surface area contributed by atoms with Gasteiger partial charge in [-0.2, -0.15) is 0 Å². The molecule has 5 heteroatoms. The fraction of sp³-hybridized carbons (Fsp3) is 0.312. The summed E-state index contributed by atoms with van der Waals surface area (Å²) in [6, 6.07) is 9.11. The lowest BCUT2D eigenvalue weighted by molar-refractivity contribution is 0.102. The predicted molar refractivity (Wildman–Crippen MR) is 86.8 cm³/mol. The Morgan fingerprint density at radius 3 is 2.38 bits per heavy atom. The predicted octanol–water partition coefficient (Wildman–Crippen LogP) is 3.47. The van der Waals surface area contributed by atoms with Gasteiger partial charge in [0.15, 0.2) is 15.6 Å². The number of aryl methyl sites for hydroxylation is 3. The molecule has 2 aromatic rings. The van der Waals surface area contributed by atoms with Crippen molar-refractivity contribution in [3.05, 3.63) is 56.8 Å². The van der Waals surface area contributed by atoms with Gasteiger partial charge in [0.25, 0.3) is 0 Å². The molecule has 0 saturated heterocycles. The van der Waals surface area contributed by atoms with Crippen molar-refractivity contribution in [1.29, 1.82) is 0 Å². The van der Waals surface area contributed by atoms with Gasteiger partial charge in [0.2, 0.25) is 0 Å². The van der Waals surface area contributed by atoms with Gasteiger partial charge in [-0.3, -0.25) is 4.79 Å². The lowest BCUT2D eigenvalue weighted by atomic mass is 10.1. The first-order valence-corrected chi connectivity index (χ1v) is 9.27. The molecule has 0 spiro atoms. The molecule has 0 aliphatic rings. The Morgan fingerprint density at radius 2 is 1.81 bits per heavy atom. The fourth-order valence-electron chi connectivity index (χ4n) is 2.25. The van der Waals surface area contributed by atoms with Crippen molar-refractivity contribution in [3.8, 4) is 0 Å². The highest BCUT2D eigenvalue weighted by atomic mass is 32.2. The molecule has 0 radical (unpaired) electrons. The number of rotatable bonds is 5. The Kier molecular flexibility index (Phi) is 4.64. The lowest BCUT2D eigenvalue weighted by Gasteiger charge is -2.06. The summed E-state index contributed by atoms with van der Waals surface area (Å²) in [5.41, 5.74) is 2.21. The zero-order valence-corrected chi connectivity index (χ0v) is 14.0. The van der Waals surface area contributed by atoms with E-state index in [1.54, 1.807) is 12.1 Å². The van der Waals surface area contributed by atoms with Gasteiger partial charge in [-0.25, -0.2) is 8.42 Å². The number of hydrogen-bond acceptors (Lipinski definition) is 4. The van der Waals surface area contributed by atoms with Crippen LogP contribution in [0.2, 0.25) is 0 Å². The summed E-state index contributed by atoms with van der Waals surface area (Å²) < 4.78 is 24.5. The second-order valence-corrected chi connectivity index (χ2v) is 8.73. The number of thiophene rings is 1. The Morgan fingerprint density at radius 1 is 1.14 bits per heavy atom. The van der Waals surface area contributed by atoms with Gasteiger partial charge in [-0.05, 0) is 38.0 Å². The van der Waals surface area contributed by atoms with Crippen LogP contribution in [0.1, 0.15) is 31.2 Å². The minimum Gasteiger partial charge on any atom is -0.293 e. The average molecular weight is 322 g/mol. The van der Waals surface area contributed by atoms with Crippen LogP contribution in [-0.2, 0) is 15.6 Å². The monoisotopic (exact) mass is 322 g/mol. The molecule has 1 aromatic heterocycles. The van der Waals surface area contributed by atoms with E-state index in [-0.39, 0.29) is 11.5 Å². The second-order valence-electron chi connectivity index (χ2n) is 5.21. The zero-order valence-electron chi connectivity index (χ0n) is 12.3. The highest BCUT2D eigenvalue weighted by molar-refractivity contribution is 7.91. The SMILES string of the molecule is Cc1cc(C(=O)CS(=O)(=O)Cc2ccccc2C)c(C)s1. The highest BCUT2D eigenvalue weighted by Gasteiger charge is 2.21. The van der Waals surface area contributed by atoms with Gasteiger partial charge < -0.3 is 0 Å². The van der Waals surface area contributed by atoms with Gasteiger partial charge in [-0.1, -0.05) is 24.3 Å². The summed E-state index contributed by atoms with van der Waals surface area (Å²) in [5, 5.41) is 0. The van der Waals surface area contributed by atoms with E-state index < -0.39 is 15.6 Å². The standard InChI is InChI=1S/C16H18O3S2/c1-11-6-4-5-7-14(11)9-21(18,19)10-16(17)15-8-12(2)20-13(15)3/h4-8H,9-10H2,1-3H3. The minimum atomic E-state index is -3.46. The molecule has 0 bridgehead atoms. The molecule has 112 valence electrons. The van der Waals surface area contributed by atoms with E-state index >= 15 is 0 Å². The maximum Gasteiger partial charge on any atom is 0.178 e. The smallest absolute Gasteiger partial charge is 0.178 e. The molecule has 0 unspecified atom stereocenters. The van der Waals surface area contributed by atoms with Gasteiger partial charge in [-0.15, -0.1) is 11.3 Å². The highest BCUT2D eigenvalue weighted by Crippen LogP contribution is 2.22. The fourth-order valence-corrected chi connectivity index (χ4v) is 4.64. The van der Waals surface area contributed by atoms with Crippen LogP contribution < -0.4 is 0 Å². The molecule has 3 nitrogen and oxygen atoms in total. The summed E-state index contributed by atoms with van der Waals surface area (Å²) >= 11 is 1.51. The Bertz CT molecular complexity index is 771. The van der Waals surface area contributed by atoms with Crippen LogP contribution in [0.15, 0.2) is 30.3 Å². The van der Waals surface area contributed by atoms with Crippen LogP contribution in [0.25, 0.3) is 0 Å². The normalized spacial score (nSPS) is 11.6. The van der Waals surface area contributed by atoms with Crippen molar-refractivity contribution >= 4 is 27.0 Å². The van der Waals surface area contributed by atoms with Crippen molar-refractivity contribution < 1.29 is 13.2 Å². The molecule has 21 heavy (non-hydrogen) atoms. The third-order valence-electron chi connectivity index (χ3n) is 3.33. The molecular weight excluding hydrogens is 304 g/mol. The van der Waals surface area contributed by atoms with Gasteiger partial charge in [0.05, 0.1) is 5.75 Å². The Balaban J connectivity index is 2.16. The summed E-state index contributed by atoms with van der Waals surface area (Å²) in [6.45, 7) is 5.63. The average Bonchev–Trinajstić information content (AvgIpc) is 2.70. The largest absolute Gasteiger partial charge is 0.293 e. The molecule has 0 fully saturated rings. The van der Waals surface area contributed by atoms with E-state index in [1.807, 2.05) is 39.0 Å². The van der Waals surface area contributed by atoms with Crippen LogP contribution in [0.5, 0.6) is 0 Å². The number of carbonyl (C=O) groups is 1. The molecule has 0 aliphatic carbocycles. The summed E-state index contributed by atoms with van der Waals surface area (Å²) in [6.07, 6.45) is 0.